The zero-order valence-electron chi connectivity index (χ0n) is 17.5. The van der Waals surface area contributed by atoms with Crippen molar-refractivity contribution in [2.75, 3.05) is 19.0 Å². The maximum absolute atomic E-state index is 13.2. The number of aromatic nitrogens is 2. The molecule has 6 heteroatoms. The van der Waals surface area contributed by atoms with Crippen molar-refractivity contribution in [3.8, 4) is 16.9 Å². The van der Waals surface area contributed by atoms with Gasteiger partial charge in [0.2, 0.25) is 5.91 Å². The van der Waals surface area contributed by atoms with Crippen LogP contribution in [0.2, 0.25) is 0 Å². The fourth-order valence-electron chi connectivity index (χ4n) is 4.04. The van der Waals surface area contributed by atoms with Crippen molar-refractivity contribution in [1.29, 1.82) is 0 Å². The first-order valence-electron chi connectivity index (χ1n) is 10.5. The van der Waals surface area contributed by atoms with Gasteiger partial charge in [0, 0.05) is 36.1 Å². The second-order valence-corrected chi connectivity index (χ2v) is 7.60. The summed E-state index contributed by atoms with van der Waals surface area (Å²) in [7, 11) is 1.66. The van der Waals surface area contributed by atoms with Crippen LogP contribution < -0.4 is 10.1 Å². The van der Waals surface area contributed by atoms with Crippen molar-refractivity contribution in [1.82, 2.24) is 14.7 Å². The highest BCUT2D eigenvalue weighted by atomic mass is 16.5. The maximum atomic E-state index is 13.2. The molecule has 30 heavy (non-hydrogen) atoms. The summed E-state index contributed by atoms with van der Waals surface area (Å²) >= 11 is 0. The number of carbonyl (C=O) groups excluding carboxylic acids is 1. The Kier molecular flexibility index (Phi) is 6.14. The van der Waals surface area contributed by atoms with E-state index >= 15 is 0 Å². The van der Waals surface area contributed by atoms with Gasteiger partial charge in [0.15, 0.2) is 0 Å². The molecule has 6 nitrogen and oxygen atoms in total. The van der Waals surface area contributed by atoms with E-state index in [0.717, 1.165) is 60.6 Å². The lowest BCUT2D eigenvalue weighted by molar-refractivity contribution is -0.120. The van der Waals surface area contributed by atoms with Gasteiger partial charge in [-0.1, -0.05) is 30.3 Å². The van der Waals surface area contributed by atoms with E-state index in [-0.39, 0.29) is 11.9 Å². The van der Waals surface area contributed by atoms with Crippen LogP contribution in [-0.4, -0.2) is 40.3 Å². The van der Waals surface area contributed by atoms with Crippen LogP contribution in [0.5, 0.6) is 5.75 Å². The third-order valence-electron chi connectivity index (χ3n) is 5.65. The zero-order valence-corrected chi connectivity index (χ0v) is 17.5. The monoisotopic (exact) mass is 404 g/mol. The topological polar surface area (TPSA) is 59.4 Å². The molecule has 3 aromatic rings. The third kappa shape index (κ3) is 4.39. The molecule has 2 aromatic carbocycles. The number of aryl methyl sites for hydroxylation is 1. The van der Waals surface area contributed by atoms with Gasteiger partial charge in [-0.25, -0.2) is 0 Å². The van der Waals surface area contributed by atoms with E-state index < -0.39 is 0 Å². The number of hydrogen-bond acceptors (Lipinski definition) is 4. The summed E-state index contributed by atoms with van der Waals surface area (Å²) in [5.74, 6) is 0.865. The SMILES string of the molecule is CCn1cc(CN2CCCC2C(=O)Nc2ccccc2-c2ccc(OC)cc2)cn1. The highest BCUT2D eigenvalue weighted by molar-refractivity contribution is 5.98. The van der Waals surface area contributed by atoms with Crippen molar-refractivity contribution >= 4 is 11.6 Å². The largest absolute Gasteiger partial charge is 0.497 e. The molecule has 156 valence electrons. The van der Waals surface area contributed by atoms with Gasteiger partial charge in [0.25, 0.3) is 0 Å². The molecule has 1 aliphatic heterocycles. The van der Waals surface area contributed by atoms with Gasteiger partial charge in [-0.3, -0.25) is 14.4 Å². The van der Waals surface area contributed by atoms with Crippen molar-refractivity contribution in [3.05, 3.63) is 66.5 Å². The summed E-state index contributed by atoms with van der Waals surface area (Å²) < 4.78 is 7.18. The van der Waals surface area contributed by atoms with Crippen LogP contribution in [-0.2, 0) is 17.9 Å². The fourth-order valence-corrected chi connectivity index (χ4v) is 4.04. The maximum Gasteiger partial charge on any atom is 0.241 e. The smallest absolute Gasteiger partial charge is 0.241 e. The molecular weight excluding hydrogens is 376 g/mol. The average Bonchev–Trinajstić information content (AvgIpc) is 3.44. The van der Waals surface area contributed by atoms with Crippen molar-refractivity contribution in [2.24, 2.45) is 0 Å². The van der Waals surface area contributed by atoms with Gasteiger partial charge in [0.1, 0.15) is 5.75 Å². The molecule has 1 aliphatic rings. The Bertz CT molecular complexity index is 996. The molecule has 0 aliphatic carbocycles. The minimum atomic E-state index is -0.126. The van der Waals surface area contributed by atoms with Crippen molar-refractivity contribution < 1.29 is 9.53 Å². The first-order chi connectivity index (χ1) is 14.7. The molecule has 1 N–H and O–H groups in total. The Morgan fingerprint density at radius 3 is 2.73 bits per heavy atom. The Labute approximate surface area is 177 Å². The molecule has 4 rings (SSSR count). The lowest BCUT2D eigenvalue weighted by Crippen LogP contribution is -2.39. The summed E-state index contributed by atoms with van der Waals surface area (Å²) in [6.45, 7) is 4.60. The first kappa shape index (κ1) is 20.2. The summed E-state index contributed by atoms with van der Waals surface area (Å²) in [4.78, 5) is 15.4. The van der Waals surface area contributed by atoms with Gasteiger partial charge >= 0.3 is 0 Å². The summed E-state index contributed by atoms with van der Waals surface area (Å²) in [5.41, 5.74) is 4.03. The lowest BCUT2D eigenvalue weighted by Gasteiger charge is -2.23. The number of nitrogens with zero attached hydrogens (tertiary/aromatic N) is 3. The number of benzene rings is 2. The number of carbonyl (C=O) groups is 1. The zero-order chi connectivity index (χ0) is 20.9. The molecule has 1 atom stereocenters. The van der Waals surface area contributed by atoms with E-state index in [4.69, 9.17) is 4.74 Å². The van der Waals surface area contributed by atoms with Crippen LogP contribution in [0, 0.1) is 0 Å². The normalized spacial score (nSPS) is 16.5. The molecule has 0 saturated carbocycles. The molecule has 0 bridgehead atoms. The number of hydrogen-bond donors (Lipinski definition) is 1. The second-order valence-electron chi connectivity index (χ2n) is 7.60. The molecular formula is C24H28N4O2. The predicted molar refractivity (Wildman–Crippen MR) is 118 cm³/mol. The van der Waals surface area contributed by atoms with Crippen molar-refractivity contribution in [2.45, 2.75) is 38.9 Å². The molecule has 1 amide bonds. The fraction of sp³-hybridized carbons (Fsp3) is 0.333. The summed E-state index contributed by atoms with van der Waals surface area (Å²) in [6.07, 6.45) is 5.86. The Morgan fingerprint density at radius 1 is 1.20 bits per heavy atom. The minimum absolute atomic E-state index is 0.0522. The van der Waals surface area contributed by atoms with Crippen LogP contribution in [0.3, 0.4) is 0 Å². The molecule has 0 radical (unpaired) electrons. The number of methoxy groups -OCH3 is 1. The summed E-state index contributed by atoms with van der Waals surface area (Å²) in [6, 6.07) is 15.7. The molecule has 1 aromatic heterocycles. The number of amides is 1. The lowest BCUT2D eigenvalue weighted by atomic mass is 10.0. The van der Waals surface area contributed by atoms with E-state index in [1.165, 1.54) is 0 Å². The molecule has 1 fully saturated rings. The standard InChI is InChI=1S/C24H28N4O2/c1-3-28-17-18(15-25-28)16-27-14-6-9-23(27)24(29)26-22-8-5-4-7-21(22)19-10-12-20(30-2)13-11-19/h4-5,7-8,10-13,15,17,23H,3,6,9,14,16H2,1-2H3,(H,26,29). The highest BCUT2D eigenvalue weighted by Gasteiger charge is 2.31. The van der Waals surface area contributed by atoms with Crippen LogP contribution in [0.4, 0.5) is 5.69 Å². The van der Waals surface area contributed by atoms with Gasteiger partial charge < -0.3 is 10.1 Å². The van der Waals surface area contributed by atoms with E-state index in [2.05, 4.69) is 28.4 Å². The molecule has 0 spiro atoms. The van der Waals surface area contributed by atoms with Gasteiger partial charge in [-0.05, 0) is 50.1 Å². The van der Waals surface area contributed by atoms with Crippen molar-refractivity contribution in [3.63, 3.8) is 0 Å². The number of ether oxygens (including phenoxy) is 1. The molecule has 1 saturated heterocycles. The number of rotatable bonds is 7. The highest BCUT2D eigenvalue weighted by Crippen LogP contribution is 2.30. The van der Waals surface area contributed by atoms with Crippen LogP contribution in [0.1, 0.15) is 25.3 Å². The van der Waals surface area contributed by atoms with Crippen LogP contribution in [0.15, 0.2) is 60.9 Å². The van der Waals surface area contributed by atoms with E-state index in [0.29, 0.717) is 0 Å². The van der Waals surface area contributed by atoms with Gasteiger partial charge in [-0.15, -0.1) is 0 Å². The quantitative estimate of drug-likeness (QED) is 0.642. The first-order valence-corrected chi connectivity index (χ1v) is 10.5. The predicted octanol–water partition coefficient (Wildman–Crippen LogP) is 4.18. The van der Waals surface area contributed by atoms with Gasteiger partial charge in [0.05, 0.1) is 19.3 Å². The van der Waals surface area contributed by atoms with Crippen LogP contribution in [0.25, 0.3) is 11.1 Å². The van der Waals surface area contributed by atoms with E-state index in [1.807, 2.05) is 59.4 Å². The summed E-state index contributed by atoms with van der Waals surface area (Å²) in [5, 5.41) is 7.53. The number of para-hydroxylation sites is 1. The van der Waals surface area contributed by atoms with E-state index in [9.17, 15) is 4.79 Å². The average molecular weight is 405 g/mol. The number of anilines is 1. The van der Waals surface area contributed by atoms with Gasteiger partial charge in [-0.2, -0.15) is 5.10 Å². The minimum Gasteiger partial charge on any atom is -0.497 e. The van der Waals surface area contributed by atoms with Crippen LogP contribution >= 0.6 is 0 Å². The number of likely N-dealkylation sites (tertiary alicyclic amines) is 1. The molecule has 1 unspecified atom stereocenters. The Morgan fingerprint density at radius 2 is 2.00 bits per heavy atom. The Hall–Kier alpha value is -3.12. The number of nitrogens with one attached hydrogen (secondary N) is 1. The van der Waals surface area contributed by atoms with E-state index in [1.54, 1.807) is 7.11 Å². The third-order valence-corrected chi connectivity index (χ3v) is 5.65. The molecule has 2 heterocycles. The Balaban J connectivity index is 1.49. The second kappa shape index (κ2) is 9.13.